The van der Waals surface area contributed by atoms with Crippen molar-refractivity contribution < 1.29 is 5.11 Å². The number of hydrogen-bond acceptors (Lipinski definition) is 3. The van der Waals surface area contributed by atoms with E-state index >= 15 is 0 Å². The van der Waals surface area contributed by atoms with Gasteiger partial charge in [-0.1, -0.05) is 100 Å². The van der Waals surface area contributed by atoms with Gasteiger partial charge >= 0.3 is 0 Å². The average Bonchev–Trinajstić information content (AvgIpc) is 2.85. The van der Waals surface area contributed by atoms with E-state index in [1.54, 1.807) is 12.4 Å². The molecule has 0 saturated heterocycles. The van der Waals surface area contributed by atoms with Gasteiger partial charge in [0.25, 0.3) is 0 Å². The van der Waals surface area contributed by atoms with E-state index in [0.29, 0.717) is 5.69 Å². The van der Waals surface area contributed by atoms with Crippen molar-refractivity contribution in [1.29, 1.82) is 0 Å². The van der Waals surface area contributed by atoms with Gasteiger partial charge in [0.15, 0.2) is 0 Å². The van der Waals surface area contributed by atoms with E-state index in [9.17, 15) is 5.11 Å². The molecule has 166 valence electrons. The van der Waals surface area contributed by atoms with E-state index in [1.807, 2.05) is 48.5 Å². The summed E-state index contributed by atoms with van der Waals surface area (Å²) in [4.78, 5) is 9.00. The van der Waals surface area contributed by atoms with Gasteiger partial charge in [0.05, 0.1) is 11.9 Å². The maximum absolute atomic E-state index is 11.4. The van der Waals surface area contributed by atoms with Gasteiger partial charge in [-0.3, -0.25) is 9.98 Å². The monoisotopic (exact) mass is 434 g/mol. The molecular weight excluding hydrogens is 404 g/mol. The zero-order valence-corrected chi connectivity index (χ0v) is 19.7. The lowest BCUT2D eigenvalue weighted by molar-refractivity contribution is 0.453. The molecule has 1 aromatic heterocycles. The Labute approximate surface area is 196 Å². The number of phenolic OH excluding ortho intramolecular Hbond substituents is 1. The Morgan fingerprint density at radius 3 is 1.85 bits per heavy atom. The van der Waals surface area contributed by atoms with E-state index in [0.717, 1.165) is 22.4 Å². The normalized spacial score (nSPS) is 12.2. The van der Waals surface area contributed by atoms with Gasteiger partial charge in [-0.05, 0) is 34.9 Å². The number of aliphatic imine (C=N–C) groups is 1. The third-order valence-corrected chi connectivity index (χ3v) is 6.50. The molecule has 0 aliphatic heterocycles. The van der Waals surface area contributed by atoms with Crippen molar-refractivity contribution in [3.8, 4) is 5.75 Å². The molecule has 0 spiro atoms. The minimum absolute atomic E-state index is 0.198. The average molecular weight is 435 g/mol. The van der Waals surface area contributed by atoms with E-state index < -0.39 is 5.41 Å². The summed E-state index contributed by atoms with van der Waals surface area (Å²) in [5, 5.41) is 11.4. The predicted octanol–water partition coefficient (Wildman–Crippen LogP) is 7.19. The Balaban J connectivity index is 1.91. The summed E-state index contributed by atoms with van der Waals surface area (Å²) in [6, 6.07) is 30.5. The Kier molecular flexibility index (Phi) is 6.15. The quantitative estimate of drug-likeness (QED) is 0.326. The first-order valence-electron chi connectivity index (χ1n) is 11.2. The van der Waals surface area contributed by atoms with Crippen molar-refractivity contribution in [2.24, 2.45) is 4.99 Å². The van der Waals surface area contributed by atoms with Crippen molar-refractivity contribution in [1.82, 2.24) is 4.98 Å². The first-order valence-corrected chi connectivity index (χ1v) is 11.2. The molecule has 0 amide bonds. The predicted molar refractivity (Wildman–Crippen MR) is 137 cm³/mol. The standard InChI is InChI=1S/C30H30N2O/c1-29(2,22-13-7-5-8-14-22)24-19-26(30(3,4)23-15-9-6-10-16-23)28(33)27(20-24)32-21-25-17-11-12-18-31-25/h5-21,33H,1-4H3. The van der Waals surface area contributed by atoms with Crippen LogP contribution in [0.5, 0.6) is 5.75 Å². The molecule has 0 atom stereocenters. The van der Waals surface area contributed by atoms with Crippen molar-refractivity contribution in [2.45, 2.75) is 38.5 Å². The van der Waals surface area contributed by atoms with E-state index in [-0.39, 0.29) is 11.2 Å². The van der Waals surface area contributed by atoms with Gasteiger partial charge in [0, 0.05) is 22.6 Å². The van der Waals surface area contributed by atoms with Crippen LogP contribution in [0.25, 0.3) is 0 Å². The Morgan fingerprint density at radius 1 is 0.697 bits per heavy atom. The number of benzene rings is 3. The summed E-state index contributed by atoms with van der Waals surface area (Å²) in [6.45, 7) is 8.70. The first-order chi connectivity index (χ1) is 15.8. The van der Waals surface area contributed by atoms with Crippen LogP contribution in [-0.4, -0.2) is 16.3 Å². The fraction of sp³-hybridized carbons (Fsp3) is 0.200. The van der Waals surface area contributed by atoms with Gasteiger partial charge in [0.1, 0.15) is 11.4 Å². The Hall–Kier alpha value is -3.72. The molecule has 3 nitrogen and oxygen atoms in total. The van der Waals surface area contributed by atoms with Crippen LogP contribution in [0.3, 0.4) is 0 Å². The van der Waals surface area contributed by atoms with Gasteiger partial charge < -0.3 is 5.11 Å². The lowest BCUT2D eigenvalue weighted by atomic mass is 9.72. The number of rotatable bonds is 6. The van der Waals surface area contributed by atoms with Crippen molar-refractivity contribution in [3.05, 3.63) is 125 Å². The molecule has 1 N–H and O–H groups in total. The van der Waals surface area contributed by atoms with Crippen LogP contribution < -0.4 is 0 Å². The molecule has 0 aliphatic rings. The molecule has 0 bridgehead atoms. The van der Waals surface area contributed by atoms with Crippen LogP contribution in [-0.2, 0) is 10.8 Å². The third kappa shape index (κ3) is 4.58. The molecule has 4 aromatic rings. The van der Waals surface area contributed by atoms with E-state index in [1.165, 1.54) is 5.56 Å². The minimum atomic E-state index is -0.413. The second kappa shape index (κ2) is 9.03. The summed E-state index contributed by atoms with van der Waals surface area (Å²) >= 11 is 0. The molecule has 0 unspecified atom stereocenters. The smallest absolute Gasteiger partial charge is 0.145 e. The molecule has 1 heterocycles. The zero-order chi connectivity index (χ0) is 23.5. The molecule has 0 saturated carbocycles. The molecule has 0 aliphatic carbocycles. The van der Waals surface area contributed by atoms with Gasteiger partial charge in [0.2, 0.25) is 0 Å². The molecule has 4 rings (SSSR count). The molecule has 0 radical (unpaired) electrons. The van der Waals surface area contributed by atoms with Crippen LogP contribution in [0, 0.1) is 0 Å². The largest absolute Gasteiger partial charge is 0.505 e. The molecule has 3 aromatic carbocycles. The minimum Gasteiger partial charge on any atom is -0.505 e. The lowest BCUT2D eigenvalue weighted by Gasteiger charge is -2.32. The first kappa shape index (κ1) is 22.5. The SMILES string of the molecule is CC(C)(c1ccccc1)c1cc(N=Cc2ccccn2)c(O)c(C(C)(C)c2ccccc2)c1. The second-order valence-electron chi connectivity index (χ2n) is 9.39. The summed E-state index contributed by atoms with van der Waals surface area (Å²) in [5.74, 6) is 0.198. The number of nitrogens with zero attached hydrogens (tertiary/aromatic N) is 2. The molecular formula is C30H30N2O. The third-order valence-electron chi connectivity index (χ3n) is 6.50. The molecule has 0 fully saturated rings. The van der Waals surface area contributed by atoms with E-state index in [2.05, 4.69) is 80.1 Å². The number of pyridine rings is 1. The zero-order valence-electron chi connectivity index (χ0n) is 19.7. The van der Waals surface area contributed by atoms with Crippen molar-refractivity contribution in [3.63, 3.8) is 0 Å². The Bertz CT molecular complexity index is 1240. The fourth-order valence-corrected chi connectivity index (χ4v) is 4.17. The fourth-order valence-electron chi connectivity index (χ4n) is 4.17. The maximum Gasteiger partial charge on any atom is 0.145 e. The maximum atomic E-state index is 11.4. The van der Waals surface area contributed by atoms with Crippen LogP contribution in [0.2, 0.25) is 0 Å². The van der Waals surface area contributed by atoms with Crippen LogP contribution >= 0.6 is 0 Å². The topological polar surface area (TPSA) is 45.5 Å². The highest BCUT2D eigenvalue weighted by atomic mass is 16.3. The number of phenols is 1. The number of aromatic hydroxyl groups is 1. The van der Waals surface area contributed by atoms with Crippen LogP contribution in [0.4, 0.5) is 5.69 Å². The summed E-state index contributed by atoms with van der Waals surface area (Å²) in [7, 11) is 0. The van der Waals surface area contributed by atoms with E-state index in [4.69, 9.17) is 0 Å². The number of hydrogen-bond donors (Lipinski definition) is 1. The summed E-state index contributed by atoms with van der Waals surface area (Å²) in [5.41, 5.74) is 4.89. The van der Waals surface area contributed by atoms with Gasteiger partial charge in [-0.2, -0.15) is 0 Å². The highest BCUT2D eigenvalue weighted by Gasteiger charge is 2.31. The second-order valence-corrected chi connectivity index (χ2v) is 9.39. The van der Waals surface area contributed by atoms with Crippen molar-refractivity contribution >= 4 is 11.9 Å². The van der Waals surface area contributed by atoms with Crippen LogP contribution in [0.15, 0.2) is 102 Å². The lowest BCUT2D eigenvalue weighted by Crippen LogP contribution is -2.23. The summed E-state index contributed by atoms with van der Waals surface area (Å²) in [6.07, 6.45) is 3.44. The number of aromatic nitrogens is 1. The molecule has 3 heteroatoms. The Morgan fingerprint density at radius 2 is 1.27 bits per heavy atom. The van der Waals surface area contributed by atoms with Crippen molar-refractivity contribution in [2.75, 3.05) is 0 Å². The summed E-state index contributed by atoms with van der Waals surface area (Å²) < 4.78 is 0. The highest BCUT2D eigenvalue weighted by Crippen LogP contribution is 2.45. The molecule has 33 heavy (non-hydrogen) atoms. The van der Waals surface area contributed by atoms with Crippen LogP contribution in [0.1, 0.15) is 55.6 Å². The van der Waals surface area contributed by atoms with Gasteiger partial charge in [-0.15, -0.1) is 0 Å². The highest BCUT2D eigenvalue weighted by molar-refractivity contribution is 5.81. The van der Waals surface area contributed by atoms with Gasteiger partial charge in [-0.25, -0.2) is 0 Å².